The first-order valence-electron chi connectivity index (χ1n) is 5.87. The van der Waals surface area contributed by atoms with Crippen LogP contribution < -0.4 is 10.5 Å². The molecule has 2 unspecified atom stereocenters. The zero-order valence-corrected chi connectivity index (χ0v) is 11.7. The lowest BCUT2D eigenvalue weighted by atomic mass is 9.92. The highest BCUT2D eigenvalue weighted by atomic mass is 35.5. The van der Waals surface area contributed by atoms with E-state index in [4.69, 9.17) is 17.3 Å². The number of nitrogens with two attached hydrogens (primary N) is 1. The third-order valence-corrected chi connectivity index (χ3v) is 5.22. The summed E-state index contributed by atoms with van der Waals surface area (Å²) in [6.45, 7) is 0. The number of nitrogens with zero attached hydrogens (tertiary/aromatic N) is 2. The molecule has 0 amide bonds. The number of aromatic nitrogens is 2. The summed E-state index contributed by atoms with van der Waals surface area (Å²) in [6, 6.07) is -0.366. The van der Waals surface area contributed by atoms with Gasteiger partial charge in [0.15, 0.2) is 5.03 Å². The average molecular weight is 293 g/mol. The zero-order chi connectivity index (χ0) is 13.3. The molecule has 1 aromatic rings. The first kappa shape index (κ1) is 13.8. The van der Waals surface area contributed by atoms with Gasteiger partial charge < -0.3 is 5.73 Å². The van der Waals surface area contributed by atoms with Gasteiger partial charge in [-0.05, 0) is 12.8 Å². The Morgan fingerprint density at radius 2 is 2.17 bits per heavy atom. The first-order valence-corrected chi connectivity index (χ1v) is 7.73. The second kappa shape index (κ2) is 5.16. The van der Waals surface area contributed by atoms with Gasteiger partial charge in [0.05, 0.1) is 11.2 Å². The fourth-order valence-corrected chi connectivity index (χ4v) is 4.24. The van der Waals surface area contributed by atoms with Crippen LogP contribution in [0.4, 0.5) is 0 Å². The van der Waals surface area contributed by atoms with Crippen LogP contribution in [-0.2, 0) is 17.1 Å². The Labute approximate surface area is 112 Å². The Bertz CT molecular complexity index is 508. The number of rotatable bonds is 3. The molecule has 3 N–H and O–H groups in total. The number of nitrogens with one attached hydrogen (secondary N) is 1. The van der Waals surface area contributed by atoms with Crippen molar-refractivity contribution in [3.63, 3.8) is 0 Å². The molecule has 2 atom stereocenters. The van der Waals surface area contributed by atoms with Gasteiger partial charge in [0, 0.05) is 19.1 Å². The van der Waals surface area contributed by atoms with E-state index >= 15 is 0 Å². The van der Waals surface area contributed by atoms with Gasteiger partial charge in [0.25, 0.3) is 10.0 Å². The normalized spacial score (nSPS) is 25.3. The fourth-order valence-electron chi connectivity index (χ4n) is 2.26. The van der Waals surface area contributed by atoms with Crippen LogP contribution in [0.5, 0.6) is 0 Å². The maximum atomic E-state index is 12.2. The molecule has 2 rings (SSSR count). The summed E-state index contributed by atoms with van der Waals surface area (Å²) in [5.74, 6) is 0. The molecule has 0 spiro atoms. The van der Waals surface area contributed by atoms with E-state index in [0.717, 1.165) is 25.7 Å². The number of aryl methyl sites for hydroxylation is 1. The van der Waals surface area contributed by atoms with Crippen molar-refractivity contribution in [3.8, 4) is 0 Å². The van der Waals surface area contributed by atoms with Crippen LogP contribution in [0.25, 0.3) is 0 Å². The highest BCUT2D eigenvalue weighted by Gasteiger charge is 2.30. The molecule has 1 fully saturated rings. The molecule has 6 nitrogen and oxygen atoms in total. The van der Waals surface area contributed by atoms with Gasteiger partial charge in [-0.2, -0.15) is 5.10 Å². The molecule has 0 saturated heterocycles. The molecule has 1 saturated carbocycles. The highest BCUT2D eigenvalue weighted by molar-refractivity contribution is 7.89. The van der Waals surface area contributed by atoms with Crippen LogP contribution in [0.2, 0.25) is 5.02 Å². The minimum Gasteiger partial charge on any atom is -0.326 e. The lowest BCUT2D eigenvalue weighted by Gasteiger charge is -2.28. The Morgan fingerprint density at radius 1 is 1.50 bits per heavy atom. The van der Waals surface area contributed by atoms with Crippen LogP contribution in [0, 0.1) is 0 Å². The van der Waals surface area contributed by atoms with Crippen LogP contribution in [0.15, 0.2) is 11.2 Å². The molecule has 1 heterocycles. The Hall–Kier alpha value is -0.630. The number of hydrogen-bond donors (Lipinski definition) is 2. The van der Waals surface area contributed by atoms with Crippen molar-refractivity contribution in [1.29, 1.82) is 0 Å². The molecule has 0 radical (unpaired) electrons. The van der Waals surface area contributed by atoms with Crippen molar-refractivity contribution >= 4 is 21.6 Å². The number of sulfonamides is 1. The standard InChI is InChI=1S/C10H17ClN4O2S/c1-15-10(7(11)6-13-15)18(16,17)14-9-5-3-2-4-8(9)12/h6,8-9,14H,2-5,12H2,1H3. The SMILES string of the molecule is Cn1ncc(Cl)c1S(=O)(=O)NC1CCCCC1N. The van der Waals surface area contributed by atoms with Gasteiger partial charge in [0.1, 0.15) is 0 Å². The highest BCUT2D eigenvalue weighted by Crippen LogP contribution is 2.23. The lowest BCUT2D eigenvalue weighted by molar-refractivity contribution is 0.360. The van der Waals surface area contributed by atoms with E-state index in [1.807, 2.05) is 0 Å². The predicted molar refractivity (Wildman–Crippen MR) is 68.8 cm³/mol. The Morgan fingerprint density at radius 3 is 2.72 bits per heavy atom. The average Bonchev–Trinajstić information content (AvgIpc) is 2.62. The second-order valence-corrected chi connectivity index (χ2v) is 6.63. The van der Waals surface area contributed by atoms with E-state index in [-0.39, 0.29) is 22.1 Å². The second-order valence-electron chi connectivity index (χ2n) is 4.60. The molecule has 8 heteroatoms. The summed E-state index contributed by atoms with van der Waals surface area (Å²) >= 11 is 5.85. The van der Waals surface area contributed by atoms with Crippen molar-refractivity contribution in [2.45, 2.75) is 42.8 Å². The van der Waals surface area contributed by atoms with E-state index in [2.05, 4.69) is 9.82 Å². The smallest absolute Gasteiger partial charge is 0.259 e. The van der Waals surface area contributed by atoms with Crippen LogP contribution in [0.3, 0.4) is 0 Å². The van der Waals surface area contributed by atoms with Gasteiger partial charge in [-0.1, -0.05) is 24.4 Å². The van der Waals surface area contributed by atoms with Gasteiger partial charge in [-0.15, -0.1) is 0 Å². The van der Waals surface area contributed by atoms with Gasteiger partial charge in [-0.3, -0.25) is 4.68 Å². The van der Waals surface area contributed by atoms with E-state index in [9.17, 15) is 8.42 Å². The summed E-state index contributed by atoms with van der Waals surface area (Å²) in [5, 5.41) is 3.94. The zero-order valence-electron chi connectivity index (χ0n) is 10.1. The lowest BCUT2D eigenvalue weighted by Crippen LogP contribution is -2.49. The quantitative estimate of drug-likeness (QED) is 0.854. The number of halogens is 1. The van der Waals surface area contributed by atoms with E-state index in [1.54, 1.807) is 7.05 Å². The molecule has 1 aliphatic carbocycles. The molecule has 1 aromatic heterocycles. The maximum Gasteiger partial charge on any atom is 0.259 e. The molecule has 102 valence electrons. The minimum atomic E-state index is -3.67. The Kier molecular flexibility index (Phi) is 3.96. The van der Waals surface area contributed by atoms with Crippen LogP contribution in [0.1, 0.15) is 25.7 Å². The molecule has 18 heavy (non-hydrogen) atoms. The van der Waals surface area contributed by atoms with Crippen molar-refractivity contribution in [2.75, 3.05) is 0 Å². The van der Waals surface area contributed by atoms with Crippen molar-refractivity contribution in [1.82, 2.24) is 14.5 Å². The van der Waals surface area contributed by atoms with Crippen LogP contribution in [-0.4, -0.2) is 30.3 Å². The molecule has 0 aliphatic heterocycles. The molecular formula is C10H17ClN4O2S. The summed E-state index contributed by atoms with van der Waals surface area (Å²) in [5.41, 5.74) is 5.93. The van der Waals surface area contributed by atoms with E-state index < -0.39 is 10.0 Å². The van der Waals surface area contributed by atoms with Gasteiger partial charge in [-0.25, -0.2) is 13.1 Å². The fraction of sp³-hybridized carbons (Fsp3) is 0.700. The molecule has 0 bridgehead atoms. The summed E-state index contributed by atoms with van der Waals surface area (Å²) < 4.78 is 28.4. The number of hydrogen-bond acceptors (Lipinski definition) is 4. The maximum absolute atomic E-state index is 12.2. The largest absolute Gasteiger partial charge is 0.326 e. The summed E-state index contributed by atoms with van der Waals surface area (Å²) in [7, 11) is -2.13. The molecule has 1 aliphatic rings. The van der Waals surface area contributed by atoms with Gasteiger partial charge >= 0.3 is 0 Å². The Balaban J connectivity index is 2.22. The van der Waals surface area contributed by atoms with Crippen molar-refractivity contribution in [3.05, 3.63) is 11.2 Å². The topological polar surface area (TPSA) is 90.0 Å². The molecular weight excluding hydrogens is 276 g/mol. The minimum absolute atomic E-state index is 0.0121. The summed E-state index contributed by atoms with van der Waals surface area (Å²) in [6.07, 6.45) is 4.95. The van der Waals surface area contributed by atoms with E-state index in [1.165, 1.54) is 10.9 Å². The summed E-state index contributed by atoms with van der Waals surface area (Å²) in [4.78, 5) is 0. The monoisotopic (exact) mass is 292 g/mol. The van der Waals surface area contributed by atoms with E-state index in [0.29, 0.717) is 0 Å². The van der Waals surface area contributed by atoms with Gasteiger partial charge in [0.2, 0.25) is 0 Å². The first-order chi connectivity index (χ1) is 8.42. The van der Waals surface area contributed by atoms with Crippen molar-refractivity contribution in [2.24, 2.45) is 12.8 Å². The molecule has 0 aromatic carbocycles. The predicted octanol–water partition coefficient (Wildman–Crippen LogP) is 0.622. The van der Waals surface area contributed by atoms with Crippen LogP contribution >= 0.6 is 11.6 Å². The third kappa shape index (κ3) is 2.69. The third-order valence-electron chi connectivity index (χ3n) is 3.22. The van der Waals surface area contributed by atoms with Crippen molar-refractivity contribution < 1.29 is 8.42 Å².